The van der Waals surface area contributed by atoms with E-state index < -0.39 is 5.54 Å². The van der Waals surface area contributed by atoms with E-state index in [-0.39, 0.29) is 12.5 Å². The summed E-state index contributed by atoms with van der Waals surface area (Å²) in [6.07, 6.45) is 2.75. The molecule has 1 aromatic heterocycles. The Balaban J connectivity index is 2.08. The normalized spacial score (nSPS) is 18.9. The van der Waals surface area contributed by atoms with Crippen LogP contribution in [-0.2, 0) is 4.74 Å². The molecule has 5 heteroatoms. The second-order valence-electron chi connectivity index (χ2n) is 4.40. The lowest BCUT2D eigenvalue weighted by molar-refractivity contribution is 0.0125. The molecule has 1 aliphatic rings. The van der Waals surface area contributed by atoms with Crippen molar-refractivity contribution in [2.24, 2.45) is 0 Å². The molecule has 0 bridgehead atoms. The van der Waals surface area contributed by atoms with Crippen LogP contribution in [0.4, 0.5) is 0 Å². The molecule has 5 nitrogen and oxygen atoms in total. The van der Waals surface area contributed by atoms with Gasteiger partial charge in [-0.25, -0.2) is 0 Å². The highest BCUT2D eigenvalue weighted by Crippen LogP contribution is 2.21. The minimum absolute atomic E-state index is 0.0704. The number of furan rings is 1. The molecule has 0 saturated carbocycles. The topological polar surface area (TPSA) is 71.7 Å². The van der Waals surface area contributed by atoms with Gasteiger partial charge in [0, 0.05) is 13.2 Å². The zero-order chi connectivity index (χ0) is 12.3. The third-order valence-corrected chi connectivity index (χ3v) is 3.23. The summed E-state index contributed by atoms with van der Waals surface area (Å²) < 4.78 is 10.3. The number of rotatable bonds is 3. The molecule has 17 heavy (non-hydrogen) atoms. The SMILES string of the molecule is Cc1occc1C(=O)NC1(CO)CCOCC1. The summed E-state index contributed by atoms with van der Waals surface area (Å²) in [6.45, 7) is 2.79. The van der Waals surface area contributed by atoms with Crippen molar-refractivity contribution in [2.45, 2.75) is 25.3 Å². The van der Waals surface area contributed by atoms with Crippen LogP contribution in [0.15, 0.2) is 16.7 Å². The van der Waals surface area contributed by atoms with Gasteiger partial charge < -0.3 is 19.6 Å². The van der Waals surface area contributed by atoms with E-state index in [0.717, 1.165) is 0 Å². The second kappa shape index (κ2) is 4.89. The first kappa shape index (κ1) is 12.1. The quantitative estimate of drug-likeness (QED) is 0.820. The van der Waals surface area contributed by atoms with Crippen LogP contribution >= 0.6 is 0 Å². The highest BCUT2D eigenvalue weighted by atomic mass is 16.5. The van der Waals surface area contributed by atoms with Gasteiger partial charge >= 0.3 is 0 Å². The van der Waals surface area contributed by atoms with Gasteiger partial charge in [0.1, 0.15) is 5.76 Å². The third kappa shape index (κ3) is 2.50. The van der Waals surface area contributed by atoms with Crippen molar-refractivity contribution < 1.29 is 19.1 Å². The number of aliphatic hydroxyl groups excluding tert-OH is 1. The fraction of sp³-hybridized carbons (Fsp3) is 0.583. The first-order valence-electron chi connectivity index (χ1n) is 5.72. The van der Waals surface area contributed by atoms with Crippen molar-refractivity contribution in [1.29, 1.82) is 0 Å². The molecule has 0 radical (unpaired) electrons. The lowest BCUT2D eigenvalue weighted by Crippen LogP contribution is -2.54. The van der Waals surface area contributed by atoms with Gasteiger partial charge in [0.25, 0.3) is 5.91 Å². The number of ether oxygens (including phenoxy) is 1. The molecule has 0 atom stereocenters. The van der Waals surface area contributed by atoms with Gasteiger partial charge in [0.15, 0.2) is 0 Å². The maximum Gasteiger partial charge on any atom is 0.255 e. The molecule has 0 unspecified atom stereocenters. The van der Waals surface area contributed by atoms with Crippen LogP contribution in [-0.4, -0.2) is 36.4 Å². The molecule has 2 N–H and O–H groups in total. The molecule has 2 heterocycles. The number of amides is 1. The van der Waals surface area contributed by atoms with Crippen LogP contribution in [0.25, 0.3) is 0 Å². The van der Waals surface area contributed by atoms with Gasteiger partial charge in [0.05, 0.1) is 24.0 Å². The van der Waals surface area contributed by atoms with E-state index in [9.17, 15) is 9.90 Å². The first-order valence-corrected chi connectivity index (χ1v) is 5.72. The average Bonchev–Trinajstić information content (AvgIpc) is 2.77. The third-order valence-electron chi connectivity index (χ3n) is 3.23. The Morgan fingerprint density at radius 3 is 2.76 bits per heavy atom. The Hall–Kier alpha value is -1.33. The Bertz CT molecular complexity index is 393. The van der Waals surface area contributed by atoms with Crippen LogP contribution in [0.2, 0.25) is 0 Å². The number of aliphatic hydroxyl groups is 1. The Morgan fingerprint density at radius 2 is 2.24 bits per heavy atom. The summed E-state index contributed by atoms with van der Waals surface area (Å²) in [5, 5.41) is 12.4. The van der Waals surface area contributed by atoms with Gasteiger partial charge in [-0.3, -0.25) is 4.79 Å². The maximum atomic E-state index is 12.0. The Kier molecular flexibility index (Phi) is 3.49. The molecule has 94 valence electrons. The summed E-state index contributed by atoms with van der Waals surface area (Å²) in [5.41, 5.74) is -0.0386. The summed E-state index contributed by atoms with van der Waals surface area (Å²) >= 11 is 0. The van der Waals surface area contributed by atoms with Crippen molar-refractivity contribution in [3.8, 4) is 0 Å². The van der Waals surface area contributed by atoms with Gasteiger partial charge in [-0.1, -0.05) is 0 Å². The molecule has 1 saturated heterocycles. The van der Waals surface area contributed by atoms with Crippen molar-refractivity contribution in [2.75, 3.05) is 19.8 Å². The lowest BCUT2D eigenvalue weighted by atomic mass is 9.90. The number of carbonyl (C=O) groups is 1. The van der Waals surface area contributed by atoms with E-state index in [1.807, 2.05) is 0 Å². The summed E-state index contributed by atoms with van der Waals surface area (Å²) in [4.78, 5) is 12.0. The van der Waals surface area contributed by atoms with Crippen molar-refractivity contribution in [3.05, 3.63) is 23.7 Å². The molecule has 2 rings (SSSR count). The molecular weight excluding hydrogens is 222 g/mol. The predicted molar refractivity (Wildman–Crippen MR) is 60.8 cm³/mol. The zero-order valence-electron chi connectivity index (χ0n) is 9.86. The number of aryl methyl sites for hydroxylation is 1. The van der Waals surface area contributed by atoms with E-state index in [1.165, 1.54) is 6.26 Å². The standard InChI is InChI=1S/C12H17NO4/c1-9-10(2-5-17-9)11(15)13-12(8-14)3-6-16-7-4-12/h2,5,14H,3-4,6-8H2,1H3,(H,13,15). The summed E-state index contributed by atoms with van der Waals surface area (Å²) in [5.74, 6) is 0.384. The van der Waals surface area contributed by atoms with Crippen LogP contribution in [0.1, 0.15) is 29.0 Å². The van der Waals surface area contributed by atoms with Crippen molar-refractivity contribution >= 4 is 5.91 Å². The van der Waals surface area contributed by atoms with E-state index >= 15 is 0 Å². The molecule has 1 aromatic rings. The van der Waals surface area contributed by atoms with Crippen molar-refractivity contribution in [1.82, 2.24) is 5.32 Å². The molecule has 0 aromatic carbocycles. The zero-order valence-corrected chi connectivity index (χ0v) is 9.86. The fourth-order valence-corrected chi connectivity index (χ4v) is 2.01. The van der Waals surface area contributed by atoms with E-state index in [4.69, 9.17) is 9.15 Å². The number of carbonyl (C=O) groups excluding carboxylic acids is 1. The van der Waals surface area contributed by atoms with Crippen LogP contribution in [0.3, 0.4) is 0 Å². The highest BCUT2D eigenvalue weighted by molar-refractivity contribution is 5.95. The lowest BCUT2D eigenvalue weighted by Gasteiger charge is -2.36. The van der Waals surface area contributed by atoms with Crippen LogP contribution < -0.4 is 5.32 Å². The van der Waals surface area contributed by atoms with Gasteiger partial charge in [0.2, 0.25) is 0 Å². The van der Waals surface area contributed by atoms with Crippen LogP contribution in [0, 0.1) is 6.92 Å². The minimum Gasteiger partial charge on any atom is -0.469 e. The molecule has 0 spiro atoms. The average molecular weight is 239 g/mol. The monoisotopic (exact) mass is 239 g/mol. The first-order chi connectivity index (χ1) is 8.17. The fourth-order valence-electron chi connectivity index (χ4n) is 2.01. The largest absolute Gasteiger partial charge is 0.469 e. The Labute approximate surface area is 99.8 Å². The number of hydrogen-bond donors (Lipinski definition) is 2. The summed E-state index contributed by atoms with van der Waals surface area (Å²) in [7, 11) is 0. The molecule has 1 aliphatic heterocycles. The molecule has 1 fully saturated rings. The highest BCUT2D eigenvalue weighted by Gasteiger charge is 2.34. The molecule has 0 aliphatic carbocycles. The number of nitrogens with one attached hydrogen (secondary N) is 1. The molecule has 1 amide bonds. The van der Waals surface area contributed by atoms with Gasteiger partial charge in [-0.2, -0.15) is 0 Å². The van der Waals surface area contributed by atoms with E-state index in [1.54, 1.807) is 13.0 Å². The van der Waals surface area contributed by atoms with Gasteiger partial charge in [-0.05, 0) is 25.8 Å². The van der Waals surface area contributed by atoms with Crippen molar-refractivity contribution in [3.63, 3.8) is 0 Å². The number of hydrogen-bond acceptors (Lipinski definition) is 4. The Morgan fingerprint density at radius 1 is 1.53 bits per heavy atom. The molecular formula is C12H17NO4. The summed E-state index contributed by atoms with van der Waals surface area (Å²) in [6, 6.07) is 1.63. The van der Waals surface area contributed by atoms with Gasteiger partial charge in [-0.15, -0.1) is 0 Å². The van der Waals surface area contributed by atoms with E-state index in [0.29, 0.717) is 37.4 Å². The maximum absolute atomic E-state index is 12.0. The second-order valence-corrected chi connectivity index (χ2v) is 4.40. The van der Waals surface area contributed by atoms with Crippen LogP contribution in [0.5, 0.6) is 0 Å². The predicted octanol–water partition coefficient (Wildman–Crippen LogP) is 0.859. The van der Waals surface area contributed by atoms with E-state index in [2.05, 4.69) is 5.32 Å². The smallest absolute Gasteiger partial charge is 0.255 e. The minimum atomic E-state index is -0.557.